The molecule has 4 nitrogen and oxygen atoms in total. The van der Waals surface area contributed by atoms with Gasteiger partial charge in [0.2, 0.25) is 0 Å². The van der Waals surface area contributed by atoms with Crippen LogP contribution in [0.15, 0.2) is 23.1 Å². The molecule has 17 heavy (non-hydrogen) atoms. The lowest BCUT2D eigenvalue weighted by atomic mass is 10.2. The van der Waals surface area contributed by atoms with Gasteiger partial charge in [0, 0.05) is 0 Å². The lowest BCUT2D eigenvalue weighted by molar-refractivity contribution is -0.140. The van der Waals surface area contributed by atoms with Crippen molar-refractivity contribution in [3.8, 4) is 0 Å². The van der Waals surface area contributed by atoms with Crippen LogP contribution in [0, 0.1) is 19.8 Å². The molecule has 1 aromatic carbocycles. The second-order valence-electron chi connectivity index (χ2n) is 4.29. The summed E-state index contributed by atoms with van der Waals surface area (Å²) in [5.41, 5.74) is 1.63. The maximum absolute atomic E-state index is 12.0. The number of benzene rings is 1. The molecule has 0 aliphatic heterocycles. The molecule has 94 valence electrons. The van der Waals surface area contributed by atoms with Gasteiger partial charge < -0.3 is 5.11 Å². The third-order valence-corrected chi connectivity index (χ3v) is 4.62. The van der Waals surface area contributed by atoms with E-state index in [1.807, 2.05) is 6.92 Å². The van der Waals surface area contributed by atoms with Gasteiger partial charge in [0.05, 0.1) is 16.6 Å². The highest BCUT2D eigenvalue weighted by atomic mass is 32.2. The summed E-state index contributed by atoms with van der Waals surface area (Å²) in [5.74, 6) is -2.37. The Balaban J connectivity index is 3.10. The quantitative estimate of drug-likeness (QED) is 0.891. The van der Waals surface area contributed by atoms with Crippen LogP contribution in [-0.4, -0.2) is 25.2 Å². The Bertz CT molecular complexity index is 531. The van der Waals surface area contributed by atoms with Crippen molar-refractivity contribution in [1.29, 1.82) is 0 Å². The zero-order valence-corrected chi connectivity index (χ0v) is 10.9. The topological polar surface area (TPSA) is 71.4 Å². The minimum absolute atomic E-state index is 0.219. The Kier molecular flexibility index (Phi) is 3.93. The van der Waals surface area contributed by atoms with E-state index in [-0.39, 0.29) is 10.6 Å². The van der Waals surface area contributed by atoms with Gasteiger partial charge in [-0.05, 0) is 25.5 Å². The largest absolute Gasteiger partial charge is 0.481 e. The van der Waals surface area contributed by atoms with E-state index < -0.39 is 21.7 Å². The predicted octanol–water partition coefficient (Wildman–Crippen LogP) is 1.80. The molecule has 0 aliphatic carbocycles. The van der Waals surface area contributed by atoms with Crippen molar-refractivity contribution < 1.29 is 18.3 Å². The monoisotopic (exact) mass is 256 g/mol. The fourth-order valence-electron chi connectivity index (χ4n) is 1.64. The van der Waals surface area contributed by atoms with Crippen molar-refractivity contribution in [2.75, 3.05) is 5.75 Å². The zero-order chi connectivity index (χ0) is 13.2. The molecule has 0 aliphatic rings. The summed E-state index contributed by atoms with van der Waals surface area (Å²) in [4.78, 5) is 10.9. The van der Waals surface area contributed by atoms with Gasteiger partial charge >= 0.3 is 5.97 Å². The minimum Gasteiger partial charge on any atom is -0.481 e. The van der Waals surface area contributed by atoms with Crippen LogP contribution < -0.4 is 0 Å². The van der Waals surface area contributed by atoms with Gasteiger partial charge in [-0.1, -0.05) is 24.6 Å². The Labute approximate surface area is 101 Å². The normalized spacial score (nSPS) is 13.4. The van der Waals surface area contributed by atoms with Crippen molar-refractivity contribution >= 4 is 15.8 Å². The lowest BCUT2D eigenvalue weighted by Gasteiger charge is -2.10. The second-order valence-corrected chi connectivity index (χ2v) is 6.29. The molecule has 0 radical (unpaired) electrons. The summed E-state index contributed by atoms with van der Waals surface area (Å²) in [5, 5.41) is 8.74. The first-order chi connectivity index (χ1) is 7.74. The van der Waals surface area contributed by atoms with Crippen molar-refractivity contribution in [3.05, 3.63) is 29.3 Å². The summed E-state index contributed by atoms with van der Waals surface area (Å²) in [7, 11) is -3.53. The van der Waals surface area contributed by atoms with Crippen LogP contribution in [0.25, 0.3) is 0 Å². The molecule has 5 heteroatoms. The minimum atomic E-state index is -3.53. The summed E-state index contributed by atoms with van der Waals surface area (Å²) in [6, 6.07) is 5.03. The van der Waals surface area contributed by atoms with E-state index in [0.717, 1.165) is 5.56 Å². The fraction of sp³-hybridized carbons (Fsp3) is 0.417. The number of rotatable bonds is 4. The molecule has 1 N–H and O–H groups in total. The molecular weight excluding hydrogens is 240 g/mol. The van der Waals surface area contributed by atoms with Gasteiger partial charge in [-0.2, -0.15) is 0 Å². The highest BCUT2D eigenvalue weighted by molar-refractivity contribution is 7.91. The first-order valence-electron chi connectivity index (χ1n) is 5.27. The molecule has 1 unspecified atom stereocenters. The molecule has 1 atom stereocenters. The number of aryl methyl sites for hydroxylation is 2. The van der Waals surface area contributed by atoms with Crippen molar-refractivity contribution in [2.24, 2.45) is 5.92 Å². The fourth-order valence-corrected chi connectivity index (χ4v) is 3.44. The number of sulfone groups is 1. The number of hydrogen-bond donors (Lipinski definition) is 1. The Morgan fingerprint density at radius 1 is 1.35 bits per heavy atom. The van der Waals surface area contributed by atoms with Crippen LogP contribution in [-0.2, 0) is 14.6 Å². The average Bonchev–Trinajstić information content (AvgIpc) is 2.15. The van der Waals surface area contributed by atoms with Gasteiger partial charge in [0.1, 0.15) is 0 Å². The van der Waals surface area contributed by atoms with Gasteiger partial charge in [-0.3, -0.25) is 4.79 Å². The molecule has 0 aromatic heterocycles. The number of carbonyl (C=O) groups is 1. The van der Waals surface area contributed by atoms with Crippen LogP contribution in [0.4, 0.5) is 0 Å². The summed E-state index contributed by atoms with van der Waals surface area (Å²) in [6.45, 7) is 4.98. The third-order valence-electron chi connectivity index (χ3n) is 2.56. The summed E-state index contributed by atoms with van der Waals surface area (Å²) < 4.78 is 24.0. The Hall–Kier alpha value is -1.36. The molecule has 0 fully saturated rings. The number of carboxylic acids is 1. The van der Waals surface area contributed by atoms with E-state index in [9.17, 15) is 13.2 Å². The van der Waals surface area contributed by atoms with Gasteiger partial charge in [-0.15, -0.1) is 0 Å². The molecule has 0 spiro atoms. The first-order valence-corrected chi connectivity index (χ1v) is 6.92. The SMILES string of the molecule is Cc1ccc(S(=O)(=O)CC(C)C(=O)O)c(C)c1. The van der Waals surface area contributed by atoms with E-state index in [0.29, 0.717) is 5.56 Å². The van der Waals surface area contributed by atoms with Gasteiger partial charge in [0.25, 0.3) is 0 Å². The first kappa shape index (κ1) is 13.7. The molecule has 0 saturated carbocycles. The van der Waals surface area contributed by atoms with Crippen molar-refractivity contribution in [3.63, 3.8) is 0 Å². The van der Waals surface area contributed by atoms with Crippen molar-refractivity contribution in [2.45, 2.75) is 25.7 Å². The molecular formula is C12H16O4S. The average molecular weight is 256 g/mol. The van der Waals surface area contributed by atoms with E-state index in [2.05, 4.69) is 0 Å². The van der Waals surface area contributed by atoms with E-state index >= 15 is 0 Å². The maximum atomic E-state index is 12.0. The molecule has 1 aromatic rings. The van der Waals surface area contributed by atoms with Crippen molar-refractivity contribution in [1.82, 2.24) is 0 Å². The number of carboxylic acid groups (broad SMARTS) is 1. The van der Waals surface area contributed by atoms with Crippen LogP contribution in [0.5, 0.6) is 0 Å². The highest BCUT2D eigenvalue weighted by Gasteiger charge is 2.24. The lowest BCUT2D eigenvalue weighted by Crippen LogP contribution is -2.21. The predicted molar refractivity (Wildman–Crippen MR) is 64.8 cm³/mol. The van der Waals surface area contributed by atoms with E-state index in [4.69, 9.17) is 5.11 Å². The Morgan fingerprint density at radius 2 is 1.94 bits per heavy atom. The molecule has 0 bridgehead atoms. The zero-order valence-electron chi connectivity index (χ0n) is 10.1. The molecule has 0 saturated heterocycles. The third kappa shape index (κ3) is 3.30. The Morgan fingerprint density at radius 3 is 2.41 bits per heavy atom. The maximum Gasteiger partial charge on any atom is 0.307 e. The summed E-state index contributed by atoms with van der Waals surface area (Å²) in [6.07, 6.45) is 0. The highest BCUT2D eigenvalue weighted by Crippen LogP contribution is 2.19. The van der Waals surface area contributed by atoms with Crippen LogP contribution in [0.3, 0.4) is 0 Å². The number of aliphatic carboxylic acids is 1. The standard InChI is InChI=1S/C12H16O4S/c1-8-4-5-11(9(2)6-8)17(15,16)7-10(3)12(13)14/h4-6,10H,7H2,1-3H3,(H,13,14). The van der Waals surface area contributed by atoms with Gasteiger partial charge in [-0.25, -0.2) is 8.42 Å². The second kappa shape index (κ2) is 4.87. The summed E-state index contributed by atoms with van der Waals surface area (Å²) >= 11 is 0. The van der Waals surface area contributed by atoms with Crippen LogP contribution in [0.1, 0.15) is 18.1 Å². The smallest absolute Gasteiger partial charge is 0.307 e. The molecule has 0 heterocycles. The number of hydrogen-bond acceptors (Lipinski definition) is 3. The van der Waals surface area contributed by atoms with E-state index in [1.165, 1.54) is 13.0 Å². The van der Waals surface area contributed by atoms with Gasteiger partial charge in [0.15, 0.2) is 9.84 Å². The van der Waals surface area contributed by atoms with E-state index in [1.54, 1.807) is 19.1 Å². The van der Waals surface area contributed by atoms with Crippen LogP contribution >= 0.6 is 0 Å². The van der Waals surface area contributed by atoms with Crippen LogP contribution in [0.2, 0.25) is 0 Å². The molecule has 1 rings (SSSR count). The molecule has 0 amide bonds.